The van der Waals surface area contributed by atoms with E-state index in [9.17, 15) is 0 Å². The highest BCUT2D eigenvalue weighted by atomic mass is 15.1. The van der Waals surface area contributed by atoms with Crippen LogP contribution in [-0.4, -0.2) is 0 Å². The van der Waals surface area contributed by atoms with Crippen molar-refractivity contribution >= 4 is 55.7 Å². The number of hydrogen-bond acceptors (Lipinski definition) is 2. The van der Waals surface area contributed by atoms with Crippen molar-refractivity contribution in [3.63, 3.8) is 0 Å². The van der Waals surface area contributed by atoms with Gasteiger partial charge in [0, 0.05) is 34.1 Å². The minimum Gasteiger partial charge on any atom is -0.311 e. The number of hydrogen-bond donors (Lipinski definition) is 0. The Morgan fingerprint density at radius 1 is 0.248 bits per heavy atom. The lowest BCUT2D eigenvalue weighted by molar-refractivity contribution is 0.392. The van der Waals surface area contributed by atoms with Gasteiger partial charge in [-0.15, -0.1) is 0 Å². The lowest BCUT2D eigenvalue weighted by atomic mass is 9.75. The van der Waals surface area contributed by atoms with Gasteiger partial charge >= 0.3 is 0 Å². The summed E-state index contributed by atoms with van der Waals surface area (Å²) in [5.74, 6) is 0. The largest absolute Gasteiger partial charge is 0.311 e. The maximum atomic E-state index is 2.62. The molecule has 0 spiro atoms. The first kappa shape index (κ1) is 71.6. The van der Waals surface area contributed by atoms with Crippen LogP contribution in [0.3, 0.4) is 0 Å². The third kappa shape index (κ3) is 16.6. The van der Waals surface area contributed by atoms with Gasteiger partial charge in [-0.2, -0.15) is 0 Å². The molecule has 0 N–H and O–H groups in total. The molecule has 1 unspecified atom stereocenters. The van der Waals surface area contributed by atoms with E-state index < -0.39 is 0 Å². The van der Waals surface area contributed by atoms with Gasteiger partial charge in [0.05, 0.1) is 0 Å². The van der Waals surface area contributed by atoms with E-state index in [1.165, 1.54) is 208 Å². The number of anilines is 6. The minimum atomic E-state index is 0.143. The molecule has 101 heavy (non-hydrogen) atoms. The summed E-state index contributed by atoms with van der Waals surface area (Å²) in [5, 5.41) is 5.29. The molecule has 0 aliphatic heterocycles. The van der Waals surface area contributed by atoms with Gasteiger partial charge in [0.2, 0.25) is 0 Å². The number of fused-ring (bicyclic) bond motifs is 2. The molecular formula is C99H110N2. The Morgan fingerprint density at radius 3 is 0.861 bits per heavy atom. The lowest BCUT2D eigenvalue weighted by Gasteiger charge is -2.31. The molecule has 0 saturated heterocycles. The first-order valence-electron chi connectivity index (χ1n) is 39.0. The molecular weight excluding hydrogens is 1220 g/mol. The van der Waals surface area contributed by atoms with Gasteiger partial charge in [0.25, 0.3) is 0 Å². The van der Waals surface area contributed by atoms with Crippen LogP contribution in [0.4, 0.5) is 34.1 Å². The molecule has 12 rings (SSSR count). The minimum absolute atomic E-state index is 0.143. The fraction of sp³-hybridized carbons (Fsp3) is 0.313. The van der Waals surface area contributed by atoms with Gasteiger partial charge in [-0.25, -0.2) is 0 Å². The van der Waals surface area contributed by atoms with E-state index in [0.29, 0.717) is 0 Å². The van der Waals surface area contributed by atoms with Crippen molar-refractivity contribution in [1.82, 2.24) is 0 Å². The molecule has 1 atom stereocenters. The van der Waals surface area contributed by atoms with Crippen LogP contribution in [0.1, 0.15) is 200 Å². The van der Waals surface area contributed by atoms with Gasteiger partial charge in [-0.1, -0.05) is 321 Å². The highest BCUT2D eigenvalue weighted by Crippen LogP contribution is 2.49. The van der Waals surface area contributed by atoms with Gasteiger partial charge in [-0.3, -0.25) is 0 Å². The summed E-state index contributed by atoms with van der Waals surface area (Å²) in [5.41, 5.74) is 25.8. The molecule has 12 aromatic rings. The number of unbranched alkanes of at least 4 members (excludes halogenated alkanes) is 10. The first-order chi connectivity index (χ1) is 49.6. The second kappa shape index (κ2) is 34.4. The number of nitrogens with zero attached hydrogens (tertiary/aromatic N) is 2. The Bertz CT molecular complexity index is 4540. The summed E-state index contributed by atoms with van der Waals surface area (Å²) in [4.78, 5) is 4.90. The summed E-state index contributed by atoms with van der Waals surface area (Å²) in [7, 11) is 0. The van der Waals surface area contributed by atoms with Gasteiger partial charge in [0.1, 0.15) is 0 Å². The Hall–Kier alpha value is -9.24. The second-order valence-electron chi connectivity index (χ2n) is 29.5. The van der Waals surface area contributed by atoms with Crippen molar-refractivity contribution < 1.29 is 0 Å². The average Bonchev–Trinajstić information content (AvgIpc) is 0.728. The third-order valence-corrected chi connectivity index (χ3v) is 22.3. The predicted octanol–water partition coefficient (Wildman–Crippen LogP) is 30.4. The molecule has 2 nitrogen and oxygen atoms in total. The monoisotopic (exact) mass is 1330 g/mol. The van der Waals surface area contributed by atoms with E-state index in [0.717, 1.165) is 60.5 Å². The van der Waals surface area contributed by atoms with E-state index in [-0.39, 0.29) is 10.8 Å². The van der Waals surface area contributed by atoms with Crippen molar-refractivity contribution in [2.75, 3.05) is 9.80 Å². The molecule has 0 aliphatic carbocycles. The standard InChI is InChI=1S/C99H110N2/c1-9-15-17-19-21-25-39-80-72-94(78-49-61-86(62-50-78)100(84-57-45-76(46-58-84)74-35-27-23-28-36-74)88-65-53-82(54-66-88)98(7,14-6)69-11-3)90-41-31-33-43-92(90)96(80)97-81(40-26-22-20-18-16-10-2)73-95(91-42-32-34-44-93(91)97)79-51-63-87(64-52-79)101(85-59-47-77(48-60-85)75-37-29-24-30-38-75)89-67-55-83(56-68-89)99(8,70-12-4)71-13-5/h23-24,27-38,41-68,72-73H,9-22,25-26,39-40,69-71H2,1-8H3. The van der Waals surface area contributed by atoms with E-state index >= 15 is 0 Å². The molecule has 0 saturated carbocycles. The fourth-order valence-electron chi connectivity index (χ4n) is 16.5. The van der Waals surface area contributed by atoms with Crippen LogP contribution in [-0.2, 0) is 23.7 Å². The van der Waals surface area contributed by atoms with Crippen molar-refractivity contribution in [1.29, 1.82) is 0 Å². The summed E-state index contributed by atoms with van der Waals surface area (Å²) < 4.78 is 0. The van der Waals surface area contributed by atoms with Crippen molar-refractivity contribution in [3.8, 4) is 55.6 Å². The van der Waals surface area contributed by atoms with Crippen LogP contribution in [0.2, 0.25) is 0 Å². The molecule has 12 aromatic carbocycles. The molecule has 0 amide bonds. The fourth-order valence-corrected chi connectivity index (χ4v) is 16.5. The molecule has 0 aromatic heterocycles. The number of aryl methyl sites for hydroxylation is 2. The van der Waals surface area contributed by atoms with Crippen LogP contribution < -0.4 is 9.80 Å². The normalized spacial score (nSPS) is 12.3. The van der Waals surface area contributed by atoms with Crippen molar-refractivity contribution in [2.45, 2.75) is 201 Å². The van der Waals surface area contributed by atoms with Gasteiger partial charge in [0.15, 0.2) is 0 Å². The van der Waals surface area contributed by atoms with Crippen molar-refractivity contribution in [3.05, 3.63) is 289 Å². The lowest BCUT2D eigenvalue weighted by Crippen LogP contribution is -2.21. The van der Waals surface area contributed by atoms with Crippen LogP contribution >= 0.6 is 0 Å². The quantitative estimate of drug-likeness (QED) is 0.0371. The Labute approximate surface area is 607 Å². The van der Waals surface area contributed by atoms with E-state index in [1.54, 1.807) is 0 Å². The first-order valence-corrected chi connectivity index (χ1v) is 39.0. The van der Waals surface area contributed by atoms with Crippen molar-refractivity contribution in [2.24, 2.45) is 0 Å². The Morgan fingerprint density at radius 2 is 0.525 bits per heavy atom. The topological polar surface area (TPSA) is 6.48 Å². The summed E-state index contributed by atoms with van der Waals surface area (Å²) >= 11 is 0. The molecule has 516 valence electrons. The molecule has 0 fully saturated rings. The smallest absolute Gasteiger partial charge is 0.0462 e. The van der Waals surface area contributed by atoms with Crippen LogP contribution in [0.15, 0.2) is 267 Å². The molecule has 0 radical (unpaired) electrons. The highest BCUT2D eigenvalue weighted by Gasteiger charge is 2.28. The average molecular weight is 1330 g/mol. The molecule has 0 aliphatic rings. The van der Waals surface area contributed by atoms with Gasteiger partial charge < -0.3 is 9.80 Å². The van der Waals surface area contributed by atoms with Gasteiger partial charge in [-0.05, 0) is 247 Å². The Kier molecular flexibility index (Phi) is 24.4. The third-order valence-electron chi connectivity index (χ3n) is 22.3. The van der Waals surface area contributed by atoms with E-state index in [2.05, 4.69) is 332 Å². The molecule has 0 heterocycles. The van der Waals surface area contributed by atoms with Crippen LogP contribution in [0.25, 0.3) is 77.2 Å². The highest BCUT2D eigenvalue weighted by molar-refractivity contribution is 6.14. The zero-order valence-electron chi connectivity index (χ0n) is 62.1. The summed E-state index contributed by atoms with van der Waals surface area (Å²) in [6.07, 6.45) is 25.2. The summed E-state index contributed by atoms with van der Waals surface area (Å²) in [6, 6.07) is 102. The number of benzene rings is 12. The Balaban J connectivity index is 0.969. The molecule has 2 heteroatoms. The zero-order valence-corrected chi connectivity index (χ0v) is 62.1. The zero-order chi connectivity index (χ0) is 70.0. The van der Waals surface area contributed by atoms with E-state index in [1.807, 2.05) is 0 Å². The maximum absolute atomic E-state index is 2.62. The second-order valence-corrected chi connectivity index (χ2v) is 29.5. The van der Waals surface area contributed by atoms with Crippen LogP contribution in [0.5, 0.6) is 0 Å². The maximum Gasteiger partial charge on any atom is 0.0462 e. The van der Waals surface area contributed by atoms with Crippen LogP contribution in [0, 0.1) is 0 Å². The van der Waals surface area contributed by atoms with E-state index in [4.69, 9.17) is 0 Å². The summed E-state index contributed by atoms with van der Waals surface area (Å²) in [6.45, 7) is 18.9. The predicted molar refractivity (Wildman–Crippen MR) is 442 cm³/mol. The SMILES string of the molecule is CCCCCCCCc1cc(-c2ccc(N(c3ccc(-c4ccccc4)cc3)c3ccc(C(C)(CC)CCC)cc3)cc2)c2ccccc2c1-c1c(CCCCCCCC)cc(-c2ccc(N(c3ccc(-c4ccccc4)cc3)c3ccc(C(C)(CCC)CCC)cc3)cc2)c2ccccc12. The molecule has 0 bridgehead atoms. The number of rotatable bonds is 34.